The fourth-order valence-electron chi connectivity index (χ4n) is 1.77. The number of rotatable bonds is 0. The van der Waals surface area contributed by atoms with Gasteiger partial charge < -0.3 is 10.1 Å². The summed E-state index contributed by atoms with van der Waals surface area (Å²) in [5.41, 5.74) is 0. The number of ether oxygens (including phenoxy) is 1. The SMILES string of the molecule is C1CO[C@H]2CNC[C@@H]2C1.Cl. The van der Waals surface area contributed by atoms with E-state index in [-0.39, 0.29) is 12.4 Å². The summed E-state index contributed by atoms with van der Waals surface area (Å²) >= 11 is 0. The summed E-state index contributed by atoms with van der Waals surface area (Å²) < 4.78 is 5.54. The monoisotopic (exact) mass is 163 g/mol. The molecule has 2 fully saturated rings. The number of halogens is 1. The zero-order valence-electron chi connectivity index (χ0n) is 6.01. The molecular formula is C7H14ClNO. The standard InChI is InChI=1S/C7H13NO.ClH/c1-2-6-4-8-5-7(6)9-3-1;/h6-8H,1-5H2;1H/t6-,7-;/m0./s1. The van der Waals surface area contributed by atoms with Crippen LogP contribution in [0, 0.1) is 5.92 Å². The summed E-state index contributed by atoms with van der Waals surface area (Å²) in [4.78, 5) is 0. The van der Waals surface area contributed by atoms with E-state index in [4.69, 9.17) is 4.74 Å². The van der Waals surface area contributed by atoms with Gasteiger partial charge in [-0.15, -0.1) is 12.4 Å². The van der Waals surface area contributed by atoms with Gasteiger partial charge in [0.15, 0.2) is 0 Å². The Kier molecular flexibility index (Phi) is 2.96. The third kappa shape index (κ3) is 1.44. The maximum atomic E-state index is 5.54. The lowest BCUT2D eigenvalue weighted by atomic mass is 9.98. The maximum Gasteiger partial charge on any atom is 0.0739 e. The van der Waals surface area contributed by atoms with E-state index in [1.807, 2.05) is 0 Å². The molecule has 0 bridgehead atoms. The Labute approximate surface area is 67.7 Å². The van der Waals surface area contributed by atoms with Crippen molar-refractivity contribution in [2.24, 2.45) is 5.92 Å². The summed E-state index contributed by atoms with van der Waals surface area (Å²) in [6.45, 7) is 3.26. The number of hydrogen-bond donors (Lipinski definition) is 1. The van der Waals surface area contributed by atoms with Gasteiger partial charge in [-0.05, 0) is 18.8 Å². The Morgan fingerprint density at radius 1 is 1.30 bits per heavy atom. The van der Waals surface area contributed by atoms with Gasteiger partial charge in [-0.25, -0.2) is 0 Å². The van der Waals surface area contributed by atoms with Gasteiger partial charge in [0, 0.05) is 19.7 Å². The highest BCUT2D eigenvalue weighted by Gasteiger charge is 2.29. The molecular weight excluding hydrogens is 150 g/mol. The zero-order valence-corrected chi connectivity index (χ0v) is 6.82. The molecule has 0 aromatic heterocycles. The van der Waals surface area contributed by atoms with Crippen LogP contribution < -0.4 is 5.32 Å². The van der Waals surface area contributed by atoms with Gasteiger partial charge in [-0.1, -0.05) is 0 Å². The first-order valence-corrected chi connectivity index (χ1v) is 3.79. The smallest absolute Gasteiger partial charge is 0.0739 e. The predicted molar refractivity (Wildman–Crippen MR) is 42.6 cm³/mol. The molecule has 0 unspecified atom stereocenters. The van der Waals surface area contributed by atoms with E-state index in [9.17, 15) is 0 Å². The fraction of sp³-hybridized carbons (Fsp3) is 1.00. The first-order chi connectivity index (χ1) is 4.47. The van der Waals surface area contributed by atoms with Crippen molar-refractivity contribution in [1.29, 1.82) is 0 Å². The minimum Gasteiger partial charge on any atom is -0.377 e. The van der Waals surface area contributed by atoms with Crippen molar-refractivity contribution in [1.82, 2.24) is 5.32 Å². The van der Waals surface area contributed by atoms with E-state index in [2.05, 4.69) is 5.32 Å². The van der Waals surface area contributed by atoms with Gasteiger partial charge >= 0.3 is 0 Å². The zero-order chi connectivity index (χ0) is 6.10. The Balaban J connectivity index is 0.000000500. The summed E-state index contributed by atoms with van der Waals surface area (Å²) in [5, 5.41) is 3.34. The van der Waals surface area contributed by atoms with E-state index >= 15 is 0 Å². The van der Waals surface area contributed by atoms with E-state index in [1.54, 1.807) is 0 Å². The molecule has 0 aliphatic carbocycles. The molecule has 2 nitrogen and oxygen atoms in total. The van der Waals surface area contributed by atoms with Crippen LogP contribution in [0.3, 0.4) is 0 Å². The third-order valence-corrected chi connectivity index (χ3v) is 2.33. The van der Waals surface area contributed by atoms with Crippen molar-refractivity contribution in [3.63, 3.8) is 0 Å². The van der Waals surface area contributed by atoms with Crippen LogP contribution in [-0.2, 0) is 4.74 Å². The Morgan fingerprint density at radius 2 is 2.20 bits per heavy atom. The summed E-state index contributed by atoms with van der Waals surface area (Å²) in [7, 11) is 0. The van der Waals surface area contributed by atoms with Gasteiger partial charge in [-0.2, -0.15) is 0 Å². The molecule has 2 aliphatic heterocycles. The second-order valence-corrected chi connectivity index (χ2v) is 2.97. The highest BCUT2D eigenvalue weighted by Crippen LogP contribution is 2.22. The van der Waals surface area contributed by atoms with Crippen LogP contribution in [0.4, 0.5) is 0 Å². The van der Waals surface area contributed by atoms with Crippen molar-refractivity contribution in [3.8, 4) is 0 Å². The quantitative estimate of drug-likeness (QED) is 0.571. The second-order valence-electron chi connectivity index (χ2n) is 2.97. The summed E-state index contributed by atoms with van der Waals surface area (Å²) in [6.07, 6.45) is 3.19. The molecule has 2 heterocycles. The molecule has 2 saturated heterocycles. The first kappa shape index (κ1) is 8.31. The lowest BCUT2D eigenvalue weighted by molar-refractivity contribution is 0.000755. The Morgan fingerprint density at radius 3 is 3.00 bits per heavy atom. The van der Waals surface area contributed by atoms with Crippen LogP contribution in [0.1, 0.15) is 12.8 Å². The molecule has 0 spiro atoms. The molecule has 0 radical (unpaired) electrons. The van der Waals surface area contributed by atoms with Crippen molar-refractivity contribution >= 4 is 12.4 Å². The third-order valence-electron chi connectivity index (χ3n) is 2.33. The molecule has 1 N–H and O–H groups in total. The summed E-state index contributed by atoms with van der Waals surface area (Å²) in [6, 6.07) is 0. The van der Waals surface area contributed by atoms with Crippen molar-refractivity contribution in [3.05, 3.63) is 0 Å². The number of fused-ring (bicyclic) bond motifs is 1. The molecule has 2 rings (SSSR count). The lowest BCUT2D eigenvalue weighted by Crippen LogP contribution is -2.27. The van der Waals surface area contributed by atoms with Crippen LogP contribution in [0.5, 0.6) is 0 Å². The summed E-state index contributed by atoms with van der Waals surface area (Å²) in [5.74, 6) is 0.832. The molecule has 2 atom stereocenters. The highest BCUT2D eigenvalue weighted by atomic mass is 35.5. The Bertz CT molecular complexity index is 97.8. The normalized spacial score (nSPS) is 38.4. The average Bonchev–Trinajstić information content (AvgIpc) is 2.33. The second kappa shape index (κ2) is 3.56. The van der Waals surface area contributed by atoms with Crippen LogP contribution in [-0.4, -0.2) is 25.8 Å². The average molecular weight is 164 g/mol. The predicted octanol–water partition coefficient (Wildman–Crippen LogP) is 0.807. The minimum atomic E-state index is 0. The molecule has 2 aliphatic rings. The first-order valence-electron chi connectivity index (χ1n) is 3.79. The van der Waals surface area contributed by atoms with Gasteiger partial charge in [-0.3, -0.25) is 0 Å². The van der Waals surface area contributed by atoms with Crippen LogP contribution in [0.15, 0.2) is 0 Å². The van der Waals surface area contributed by atoms with Crippen molar-refractivity contribution in [2.75, 3.05) is 19.7 Å². The Hall–Kier alpha value is 0.210. The topological polar surface area (TPSA) is 21.3 Å². The fourth-order valence-corrected chi connectivity index (χ4v) is 1.77. The van der Waals surface area contributed by atoms with Crippen molar-refractivity contribution < 1.29 is 4.74 Å². The lowest BCUT2D eigenvalue weighted by Gasteiger charge is -2.24. The highest BCUT2D eigenvalue weighted by molar-refractivity contribution is 5.85. The molecule has 3 heteroatoms. The van der Waals surface area contributed by atoms with Crippen LogP contribution in [0.25, 0.3) is 0 Å². The van der Waals surface area contributed by atoms with Crippen LogP contribution >= 0.6 is 12.4 Å². The molecule has 60 valence electrons. The molecule has 0 amide bonds. The van der Waals surface area contributed by atoms with Gasteiger partial charge in [0.2, 0.25) is 0 Å². The molecule has 10 heavy (non-hydrogen) atoms. The van der Waals surface area contributed by atoms with E-state index in [0.29, 0.717) is 6.10 Å². The molecule has 0 aromatic rings. The van der Waals surface area contributed by atoms with Gasteiger partial charge in [0.1, 0.15) is 0 Å². The molecule has 0 saturated carbocycles. The van der Waals surface area contributed by atoms with E-state index in [0.717, 1.165) is 19.1 Å². The van der Waals surface area contributed by atoms with E-state index in [1.165, 1.54) is 19.4 Å². The minimum absolute atomic E-state index is 0. The van der Waals surface area contributed by atoms with E-state index < -0.39 is 0 Å². The molecule has 0 aromatic carbocycles. The van der Waals surface area contributed by atoms with Gasteiger partial charge in [0.05, 0.1) is 6.10 Å². The number of hydrogen-bond acceptors (Lipinski definition) is 2. The van der Waals surface area contributed by atoms with Crippen LogP contribution in [0.2, 0.25) is 0 Å². The maximum absolute atomic E-state index is 5.54. The largest absolute Gasteiger partial charge is 0.377 e. The van der Waals surface area contributed by atoms with Crippen molar-refractivity contribution in [2.45, 2.75) is 18.9 Å². The van der Waals surface area contributed by atoms with Gasteiger partial charge in [0.25, 0.3) is 0 Å². The number of nitrogens with one attached hydrogen (secondary N) is 1.